The second-order valence-corrected chi connectivity index (χ2v) is 16.9. The van der Waals surface area contributed by atoms with Crippen LogP contribution in [-0.2, 0) is 32.7 Å². The number of nitrogens with zero attached hydrogens (tertiary/aromatic N) is 1. The van der Waals surface area contributed by atoms with Crippen molar-refractivity contribution in [2.45, 2.75) is 154 Å². The minimum absolute atomic E-state index is 0.00886. The molecular weight excluding hydrogens is 745 g/mol. The number of hydrogen-bond donors (Lipinski definition) is 3. The average Bonchev–Trinajstić information content (AvgIpc) is 3.15. The summed E-state index contributed by atoms with van der Waals surface area (Å²) in [4.78, 5) is 35.3. The van der Waals surface area contributed by atoms with Gasteiger partial charge in [-0.15, -0.1) is 0 Å². The Morgan fingerprint density at radius 1 is 0.667 bits per heavy atom. The molecule has 11 nitrogen and oxygen atoms in total. The Bertz CT molecular complexity index is 1240. The number of ether oxygens (including phenoxy) is 2. The van der Waals surface area contributed by atoms with E-state index in [0.717, 1.165) is 25.7 Å². The summed E-state index contributed by atoms with van der Waals surface area (Å²) >= 11 is 0. The maximum Gasteiger partial charge on any atom is 0.472 e. The Balaban J connectivity index is 4.66. The molecule has 4 atom stereocenters. The van der Waals surface area contributed by atoms with Gasteiger partial charge in [0.25, 0.3) is 0 Å². The minimum atomic E-state index is -4.43. The summed E-state index contributed by atoms with van der Waals surface area (Å²) in [5, 5.41) is 20.0. The van der Waals surface area contributed by atoms with Crippen molar-refractivity contribution < 1.29 is 52.3 Å². The first-order valence-electron chi connectivity index (χ1n) is 21.4. The van der Waals surface area contributed by atoms with Crippen molar-refractivity contribution in [1.82, 2.24) is 0 Å². The Kier molecular flexibility index (Phi) is 34.8. The number of hydrogen-bond acceptors (Lipinski definition) is 9. The monoisotopic (exact) mass is 825 g/mol. The van der Waals surface area contributed by atoms with E-state index in [0.29, 0.717) is 43.1 Å². The van der Waals surface area contributed by atoms with Gasteiger partial charge in [-0.3, -0.25) is 18.6 Å². The van der Waals surface area contributed by atoms with Crippen molar-refractivity contribution in [3.8, 4) is 0 Å². The van der Waals surface area contributed by atoms with Crippen molar-refractivity contribution in [2.75, 3.05) is 47.5 Å². The predicted octanol–water partition coefficient (Wildman–Crippen LogP) is 9.79. The molecule has 0 aromatic carbocycles. The van der Waals surface area contributed by atoms with Gasteiger partial charge in [-0.1, -0.05) is 157 Å². The number of esters is 2. The van der Waals surface area contributed by atoms with Crippen LogP contribution in [-0.4, -0.2) is 97.3 Å². The summed E-state index contributed by atoms with van der Waals surface area (Å²) in [6.07, 6.45) is 37.4. The highest BCUT2D eigenvalue weighted by atomic mass is 31.2. The SMILES string of the molecule is CC/C=C\C[C@H](O)/C=C/C=C\C/C=C\C=C\[C@H](O)/C=C\CCCC(=O)O[C@H](COC(=O)CCCCCCCCCCCCCC)COP(=O)(O)OCC[N+](C)(C)C. The number of allylic oxidation sites excluding steroid dienone is 8. The van der Waals surface area contributed by atoms with Gasteiger partial charge in [0.2, 0.25) is 0 Å². The van der Waals surface area contributed by atoms with Crippen LogP contribution < -0.4 is 0 Å². The molecular formula is C45H79NO10P+. The minimum Gasteiger partial charge on any atom is -0.462 e. The molecule has 0 rings (SSSR count). The highest BCUT2D eigenvalue weighted by Gasteiger charge is 2.27. The van der Waals surface area contributed by atoms with Crippen molar-refractivity contribution in [1.29, 1.82) is 0 Å². The molecule has 0 radical (unpaired) electrons. The van der Waals surface area contributed by atoms with Gasteiger partial charge in [-0.25, -0.2) is 4.57 Å². The summed E-state index contributed by atoms with van der Waals surface area (Å²) in [5.74, 6) is -0.987. The molecule has 0 bridgehead atoms. The zero-order chi connectivity index (χ0) is 42.5. The van der Waals surface area contributed by atoms with E-state index in [2.05, 4.69) is 13.8 Å². The predicted molar refractivity (Wildman–Crippen MR) is 231 cm³/mol. The molecule has 3 N–H and O–H groups in total. The molecule has 0 aliphatic rings. The summed E-state index contributed by atoms with van der Waals surface area (Å²) < 4.78 is 34.1. The van der Waals surface area contributed by atoms with E-state index in [-0.39, 0.29) is 26.1 Å². The van der Waals surface area contributed by atoms with E-state index >= 15 is 0 Å². The Labute approximate surface area is 345 Å². The van der Waals surface area contributed by atoms with E-state index in [1.807, 2.05) is 63.7 Å². The Hall–Kier alpha value is -2.63. The molecule has 328 valence electrons. The molecule has 0 aromatic rings. The van der Waals surface area contributed by atoms with Gasteiger partial charge in [0.15, 0.2) is 6.10 Å². The molecule has 0 spiro atoms. The smallest absolute Gasteiger partial charge is 0.462 e. The Morgan fingerprint density at radius 3 is 1.88 bits per heavy atom. The lowest BCUT2D eigenvalue weighted by atomic mass is 10.0. The molecule has 0 heterocycles. The van der Waals surface area contributed by atoms with Crippen LogP contribution in [0.2, 0.25) is 0 Å². The fourth-order valence-corrected chi connectivity index (χ4v) is 6.02. The van der Waals surface area contributed by atoms with Gasteiger partial charge in [-0.2, -0.15) is 0 Å². The van der Waals surface area contributed by atoms with E-state index in [1.54, 1.807) is 30.4 Å². The largest absolute Gasteiger partial charge is 0.472 e. The van der Waals surface area contributed by atoms with Crippen LogP contribution in [0.3, 0.4) is 0 Å². The fourth-order valence-electron chi connectivity index (χ4n) is 5.28. The van der Waals surface area contributed by atoms with Crippen molar-refractivity contribution in [3.63, 3.8) is 0 Å². The number of phosphoric ester groups is 1. The van der Waals surface area contributed by atoms with Gasteiger partial charge in [0.1, 0.15) is 19.8 Å². The molecule has 57 heavy (non-hydrogen) atoms. The van der Waals surface area contributed by atoms with Crippen LogP contribution >= 0.6 is 7.82 Å². The molecule has 0 fully saturated rings. The average molecular weight is 825 g/mol. The molecule has 0 aliphatic heterocycles. The third-order valence-electron chi connectivity index (χ3n) is 8.68. The maximum atomic E-state index is 12.7. The normalized spacial score (nSPS) is 15.4. The van der Waals surface area contributed by atoms with Gasteiger partial charge in [0, 0.05) is 12.8 Å². The van der Waals surface area contributed by atoms with Crippen LogP contribution in [0.4, 0.5) is 0 Å². The highest BCUT2D eigenvalue weighted by Crippen LogP contribution is 2.43. The maximum absolute atomic E-state index is 12.7. The first kappa shape index (κ1) is 54.4. The van der Waals surface area contributed by atoms with E-state index in [9.17, 15) is 29.3 Å². The zero-order valence-corrected chi connectivity index (χ0v) is 36.9. The molecule has 0 aliphatic carbocycles. The number of carbonyl (C=O) groups is 2. The number of rotatable bonds is 37. The molecule has 12 heteroatoms. The quantitative estimate of drug-likeness (QED) is 0.0138. The molecule has 1 unspecified atom stereocenters. The number of quaternary nitrogens is 1. The van der Waals surface area contributed by atoms with Gasteiger partial charge in [-0.05, 0) is 38.5 Å². The fraction of sp³-hybridized carbons (Fsp3) is 0.689. The highest BCUT2D eigenvalue weighted by molar-refractivity contribution is 7.47. The molecule has 0 saturated carbocycles. The summed E-state index contributed by atoms with van der Waals surface area (Å²) in [6.45, 7) is 3.98. The first-order valence-corrected chi connectivity index (χ1v) is 22.9. The summed E-state index contributed by atoms with van der Waals surface area (Å²) in [5.41, 5.74) is 0. The number of likely N-dealkylation sites (N-methyl/N-ethyl adjacent to an activating group) is 1. The van der Waals surface area contributed by atoms with E-state index in [1.165, 1.54) is 51.4 Å². The third kappa shape index (κ3) is 40.0. The second kappa shape index (κ2) is 36.4. The van der Waals surface area contributed by atoms with E-state index in [4.69, 9.17) is 18.5 Å². The van der Waals surface area contributed by atoms with Crippen LogP contribution in [0, 0.1) is 0 Å². The Morgan fingerprint density at radius 2 is 1.26 bits per heavy atom. The van der Waals surface area contributed by atoms with Gasteiger partial charge < -0.3 is 29.1 Å². The van der Waals surface area contributed by atoms with Gasteiger partial charge in [0.05, 0.1) is 40.0 Å². The van der Waals surface area contributed by atoms with Crippen LogP contribution in [0.5, 0.6) is 0 Å². The van der Waals surface area contributed by atoms with Crippen LogP contribution in [0.1, 0.15) is 136 Å². The third-order valence-corrected chi connectivity index (χ3v) is 9.66. The molecule has 0 saturated heterocycles. The van der Waals surface area contributed by atoms with Crippen molar-refractivity contribution in [2.24, 2.45) is 0 Å². The van der Waals surface area contributed by atoms with Crippen LogP contribution in [0.25, 0.3) is 0 Å². The van der Waals surface area contributed by atoms with Crippen molar-refractivity contribution in [3.05, 3.63) is 72.9 Å². The number of aliphatic hydroxyl groups is 2. The first-order chi connectivity index (χ1) is 27.3. The van der Waals surface area contributed by atoms with Crippen molar-refractivity contribution >= 4 is 19.8 Å². The molecule has 0 aromatic heterocycles. The number of unbranched alkanes of at least 4 members (excludes halogenated alkanes) is 12. The standard InChI is InChI=1S/C45H78NO10P/c1-6-8-10-11-12-13-14-15-16-20-23-29-35-44(49)53-39-43(40-55-57(51,52)54-38-37-46(3,4)5)56-45(50)36-30-24-28-34-42(48)33-27-22-19-17-18-21-26-32-41(47)31-25-9-7-2/h9,18-19,21-22,25-28,32-34,41-43,47-48H,6-8,10-17,20,23-24,29-31,35-40H2,1-5H3/p+1/b21-18-,22-19-,25-9-,32-26+,33-27+,34-28-/t41-,42-,43+/m0/s1. The van der Waals surface area contributed by atoms with Gasteiger partial charge >= 0.3 is 19.8 Å². The summed E-state index contributed by atoms with van der Waals surface area (Å²) in [7, 11) is 1.34. The topological polar surface area (TPSA) is 149 Å². The van der Waals surface area contributed by atoms with Crippen LogP contribution in [0.15, 0.2) is 72.9 Å². The number of aliphatic hydroxyl groups excluding tert-OH is 2. The van der Waals surface area contributed by atoms with E-state index < -0.39 is 44.7 Å². The number of carbonyl (C=O) groups excluding carboxylic acids is 2. The lowest BCUT2D eigenvalue weighted by Crippen LogP contribution is -2.37. The number of phosphoric acid groups is 1. The lowest BCUT2D eigenvalue weighted by molar-refractivity contribution is -0.870. The zero-order valence-electron chi connectivity index (χ0n) is 36.0. The summed E-state index contributed by atoms with van der Waals surface area (Å²) in [6, 6.07) is 0. The lowest BCUT2D eigenvalue weighted by Gasteiger charge is -2.24. The molecule has 0 amide bonds. The second-order valence-electron chi connectivity index (χ2n) is 15.4.